The smallest absolute Gasteiger partial charge is 0.248 e. The van der Waals surface area contributed by atoms with Gasteiger partial charge in [-0.1, -0.05) is 17.8 Å². The largest absolute Gasteiger partial charge is 0.494 e. The summed E-state index contributed by atoms with van der Waals surface area (Å²) in [6.07, 6.45) is 10.2. The van der Waals surface area contributed by atoms with Crippen molar-refractivity contribution in [2.24, 2.45) is 5.92 Å². The second-order valence-corrected chi connectivity index (χ2v) is 10.1. The predicted molar refractivity (Wildman–Crippen MR) is 137 cm³/mol. The number of hydroxylamine groups is 2. The number of hydrogen-bond donors (Lipinski definition) is 0. The van der Waals surface area contributed by atoms with E-state index in [1.807, 2.05) is 22.8 Å². The lowest BCUT2D eigenvalue weighted by Gasteiger charge is -2.28. The number of aromatic nitrogens is 3. The van der Waals surface area contributed by atoms with Crippen molar-refractivity contribution in [2.45, 2.75) is 57.3 Å². The molecule has 0 spiro atoms. The number of imidazole rings is 1. The summed E-state index contributed by atoms with van der Waals surface area (Å²) in [5, 5.41) is 7.05. The van der Waals surface area contributed by atoms with Gasteiger partial charge in [0.1, 0.15) is 10.8 Å². The van der Waals surface area contributed by atoms with Crippen LogP contribution in [0.2, 0.25) is 0 Å². The standard InChI is InChI=1S/C26H36N4O4S/c1-29(33-3)25(31)21-10-8-19(9-11-21)23-18-30-26(27-23)35-24(28-30)20-12-14-22(15-13-20)34-17-7-5-4-6-16-32-2/h12-15,18-19,21H,4-11,16-17H2,1-3H3. The van der Waals surface area contributed by atoms with Gasteiger partial charge in [-0.2, -0.15) is 5.10 Å². The molecule has 2 aromatic heterocycles. The molecule has 1 saturated carbocycles. The lowest BCUT2D eigenvalue weighted by molar-refractivity contribution is -0.174. The van der Waals surface area contributed by atoms with Crippen LogP contribution >= 0.6 is 11.3 Å². The summed E-state index contributed by atoms with van der Waals surface area (Å²) in [6.45, 7) is 1.57. The van der Waals surface area contributed by atoms with E-state index in [0.29, 0.717) is 5.92 Å². The highest BCUT2D eigenvalue weighted by molar-refractivity contribution is 7.19. The van der Waals surface area contributed by atoms with Crippen LogP contribution in [0.5, 0.6) is 5.75 Å². The number of hydrogen-bond acceptors (Lipinski definition) is 7. The van der Waals surface area contributed by atoms with Crippen LogP contribution in [0.4, 0.5) is 0 Å². The van der Waals surface area contributed by atoms with Crippen LogP contribution < -0.4 is 4.74 Å². The molecule has 9 heteroatoms. The fraction of sp³-hybridized carbons (Fsp3) is 0.577. The molecule has 0 aliphatic heterocycles. The molecule has 1 aromatic carbocycles. The number of amides is 1. The molecular weight excluding hydrogens is 464 g/mol. The zero-order chi connectivity index (χ0) is 24.6. The van der Waals surface area contributed by atoms with E-state index in [4.69, 9.17) is 24.4 Å². The minimum Gasteiger partial charge on any atom is -0.494 e. The Morgan fingerprint density at radius 2 is 1.77 bits per heavy atom. The molecule has 0 radical (unpaired) electrons. The molecule has 2 heterocycles. The normalized spacial score (nSPS) is 18.1. The fourth-order valence-corrected chi connectivity index (χ4v) is 5.49. The van der Waals surface area contributed by atoms with Crippen molar-refractivity contribution in [3.8, 4) is 16.3 Å². The topological polar surface area (TPSA) is 78.2 Å². The van der Waals surface area contributed by atoms with Gasteiger partial charge in [-0.05, 0) is 69.2 Å². The second-order valence-electron chi connectivity index (χ2n) is 9.15. The Hall–Kier alpha value is -2.49. The summed E-state index contributed by atoms with van der Waals surface area (Å²) in [6, 6.07) is 8.14. The Morgan fingerprint density at radius 1 is 1.06 bits per heavy atom. The average molecular weight is 501 g/mol. The monoisotopic (exact) mass is 500 g/mol. The first-order chi connectivity index (χ1) is 17.1. The number of carbonyl (C=O) groups is 1. The maximum atomic E-state index is 12.3. The molecule has 0 unspecified atom stereocenters. The summed E-state index contributed by atoms with van der Waals surface area (Å²) in [7, 11) is 4.95. The van der Waals surface area contributed by atoms with Crippen molar-refractivity contribution in [1.82, 2.24) is 19.7 Å². The van der Waals surface area contributed by atoms with Crippen LogP contribution in [-0.2, 0) is 14.4 Å². The van der Waals surface area contributed by atoms with Crippen LogP contribution in [0.1, 0.15) is 63.0 Å². The number of carbonyl (C=O) groups excluding carboxylic acids is 1. The predicted octanol–water partition coefficient (Wildman–Crippen LogP) is 5.34. The molecule has 4 rings (SSSR count). The summed E-state index contributed by atoms with van der Waals surface area (Å²) >= 11 is 1.60. The number of unbranched alkanes of at least 4 members (excludes halogenated alkanes) is 3. The number of nitrogens with zero attached hydrogens (tertiary/aromatic N) is 4. The van der Waals surface area contributed by atoms with Crippen molar-refractivity contribution >= 4 is 22.2 Å². The minimum atomic E-state index is 0.0394. The maximum absolute atomic E-state index is 12.3. The lowest BCUT2D eigenvalue weighted by Crippen LogP contribution is -2.34. The average Bonchev–Trinajstić information content (AvgIpc) is 3.47. The summed E-state index contributed by atoms with van der Waals surface area (Å²) in [5.41, 5.74) is 2.14. The van der Waals surface area contributed by atoms with Gasteiger partial charge < -0.3 is 9.47 Å². The SMILES string of the molecule is COCCCCCCOc1ccc(-c2nn3cc(C4CCC(C(=O)N(C)OC)CC4)nc3s2)cc1. The second kappa shape index (κ2) is 12.5. The first kappa shape index (κ1) is 25.6. The summed E-state index contributed by atoms with van der Waals surface area (Å²) in [4.78, 5) is 23.2. The molecule has 35 heavy (non-hydrogen) atoms. The van der Waals surface area contributed by atoms with Crippen molar-refractivity contribution in [3.63, 3.8) is 0 Å². The van der Waals surface area contributed by atoms with E-state index in [9.17, 15) is 4.79 Å². The molecule has 190 valence electrons. The Labute approximate surface area is 211 Å². The van der Waals surface area contributed by atoms with E-state index in [0.717, 1.165) is 85.1 Å². The highest BCUT2D eigenvalue weighted by atomic mass is 32.1. The lowest BCUT2D eigenvalue weighted by atomic mass is 9.80. The van der Waals surface area contributed by atoms with Gasteiger partial charge in [0.25, 0.3) is 0 Å². The molecule has 8 nitrogen and oxygen atoms in total. The van der Waals surface area contributed by atoms with Gasteiger partial charge in [0, 0.05) is 38.2 Å². The molecule has 1 fully saturated rings. The molecule has 0 N–H and O–H groups in total. The number of ether oxygens (including phenoxy) is 2. The quantitative estimate of drug-likeness (QED) is 0.247. The number of methoxy groups -OCH3 is 1. The Kier molecular flexibility index (Phi) is 9.12. The molecule has 3 aromatic rings. The Bertz CT molecular complexity index is 1040. The van der Waals surface area contributed by atoms with Crippen molar-refractivity contribution in [3.05, 3.63) is 36.2 Å². The zero-order valence-corrected chi connectivity index (χ0v) is 21.8. The van der Waals surface area contributed by atoms with Crippen molar-refractivity contribution < 1.29 is 19.1 Å². The van der Waals surface area contributed by atoms with Gasteiger partial charge >= 0.3 is 0 Å². The third kappa shape index (κ3) is 6.59. The van der Waals surface area contributed by atoms with E-state index in [-0.39, 0.29) is 11.8 Å². The van der Waals surface area contributed by atoms with E-state index in [1.165, 1.54) is 18.6 Å². The van der Waals surface area contributed by atoms with Crippen molar-refractivity contribution in [1.29, 1.82) is 0 Å². The van der Waals surface area contributed by atoms with E-state index in [1.54, 1.807) is 25.5 Å². The third-order valence-corrected chi connectivity index (χ3v) is 7.73. The molecule has 1 aliphatic rings. The van der Waals surface area contributed by atoms with E-state index in [2.05, 4.69) is 12.1 Å². The van der Waals surface area contributed by atoms with Crippen molar-refractivity contribution in [2.75, 3.05) is 34.5 Å². The van der Waals surface area contributed by atoms with Gasteiger partial charge in [-0.15, -0.1) is 0 Å². The fourth-order valence-electron chi connectivity index (χ4n) is 4.60. The van der Waals surface area contributed by atoms with Crippen LogP contribution in [0.3, 0.4) is 0 Å². The summed E-state index contributed by atoms with van der Waals surface area (Å²) in [5.74, 6) is 1.37. The third-order valence-electron chi connectivity index (χ3n) is 6.75. The van der Waals surface area contributed by atoms with Crippen LogP contribution in [0.15, 0.2) is 30.5 Å². The zero-order valence-electron chi connectivity index (χ0n) is 20.9. The molecule has 0 saturated heterocycles. The van der Waals surface area contributed by atoms with Crippen LogP contribution in [0.25, 0.3) is 15.5 Å². The van der Waals surface area contributed by atoms with E-state index < -0.39 is 0 Å². The molecule has 1 amide bonds. The van der Waals surface area contributed by atoms with Gasteiger partial charge in [-0.3, -0.25) is 9.63 Å². The highest BCUT2D eigenvalue weighted by Gasteiger charge is 2.30. The Balaban J connectivity index is 1.28. The number of fused-ring (bicyclic) bond motifs is 1. The number of rotatable bonds is 12. The molecule has 1 aliphatic carbocycles. The van der Waals surface area contributed by atoms with Crippen LogP contribution in [-0.4, -0.2) is 60.0 Å². The first-order valence-electron chi connectivity index (χ1n) is 12.5. The Morgan fingerprint density at radius 3 is 2.43 bits per heavy atom. The maximum Gasteiger partial charge on any atom is 0.248 e. The van der Waals surface area contributed by atoms with E-state index >= 15 is 0 Å². The van der Waals surface area contributed by atoms with Gasteiger partial charge in [0.15, 0.2) is 0 Å². The first-order valence-corrected chi connectivity index (χ1v) is 13.3. The molecule has 0 bridgehead atoms. The van der Waals surface area contributed by atoms with Crippen LogP contribution in [0, 0.1) is 5.92 Å². The minimum absolute atomic E-state index is 0.0394. The van der Waals surface area contributed by atoms with Gasteiger partial charge in [-0.25, -0.2) is 14.6 Å². The molecule has 0 atom stereocenters. The summed E-state index contributed by atoms with van der Waals surface area (Å²) < 4.78 is 12.8. The highest BCUT2D eigenvalue weighted by Crippen LogP contribution is 2.37. The van der Waals surface area contributed by atoms with Gasteiger partial charge in [0.05, 0.1) is 25.6 Å². The number of benzene rings is 1. The van der Waals surface area contributed by atoms with Gasteiger partial charge in [0.2, 0.25) is 10.9 Å². The molecular formula is C26H36N4O4S.